The van der Waals surface area contributed by atoms with Crippen LogP contribution in [0.25, 0.3) is 0 Å². The zero-order valence-corrected chi connectivity index (χ0v) is 10.0. The summed E-state index contributed by atoms with van der Waals surface area (Å²) in [4.78, 5) is 13.4. The van der Waals surface area contributed by atoms with Crippen LogP contribution in [0.2, 0.25) is 0 Å². The van der Waals surface area contributed by atoms with Crippen molar-refractivity contribution in [3.8, 4) is 0 Å². The standard InChI is InChI=1S/C12H20N2O/c1-6-10(7-2)11(8-9(3)13)12(15)14(4)5/h6,8H,1,7,13H2,2-5H3/b9-8+,11-10+. The van der Waals surface area contributed by atoms with Gasteiger partial charge in [0.15, 0.2) is 0 Å². The molecule has 0 unspecified atom stereocenters. The quantitative estimate of drug-likeness (QED) is 0.566. The van der Waals surface area contributed by atoms with E-state index in [2.05, 4.69) is 6.58 Å². The summed E-state index contributed by atoms with van der Waals surface area (Å²) in [5.41, 5.74) is 7.76. The fourth-order valence-corrected chi connectivity index (χ4v) is 1.21. The van der Waals surface area contributed by atoms with Crippen molar-refractivity contribution in [2.24, 2.45) is 5.73 Å². The van der Waals surface area contributed by atoms with Gasteiger partial charge in [-0.3, -0.25) is 4.79 Å². The van der Waals surface area contributed by atoms with Crippen molar-refractivity contribution in [3.63, 3.8) is 0 Å². The zero-order valence-electron chi connectivity index (χ0n) is 10.0. The number of likely N-dealkylation sites (N-methyl/N-ethyl adjacent to an activating group) is 1. The second kappa shape index (κ2) is 6.06. The number of carbonyl (C=O) groups excluding carboxylic acids is 1. The van der Waals surface area contributed by atoms with Gasteiger partial charge in [0, 0.05) is 25.4 Å². The first kappa shape index (κ1) is 13.5. The van der Waals surface area contributed by atoms with Gasteiger partial charge in [-0.05, 0) is 25.0 Å². The van der Waals surface area contributed by atoms with Crippen LogP contribution in [0.3, 0.4) is 0 Å². The molecule has 0 bridgehead atoms. The molecule has 0 saturated carbocycles. The third kappa shape index (κ3) is 4.02. The van der Waals surface area contributed by atoms with Gasteiger partial charge in [-0.1, -0.05) is 19.6 Å². The third-order valence-electron chi connectivity index (χ3n) is 1.98. The van der Waals surface area contributed by atoms with Crippen LogP contribution in [0.4, 0.5) is 0 Å². The first-order valence-corrected chi connectivity index (χ1v) is 4.95. The molecule has 2 N–H and O–H groups in total. The predicted octanol–water partition coefficient (Wildman–Crippen LogP) is 1.83. The Morgan fingerprint density at radius 1 is 1.47 bits per heavy atom. The highest BCUT2D eigenvalue weighted by atomic mass is 16.2. The molecular formula is C12H20N2O. The lowest BCUT2D eigenvalue weighted by Crippen LogP contribution is -2.24. The molecule has 0 aliphatic rings. The molecule has 0 saturated heterocycles. The molecule has 0 aromatic carbocycles. The van der Waals surface area contributed by atoms with E-state index in [0.717, 1.165) is 12.0 Å². The maximum absolute atomic E-state index is 11.9. The lowest BCUT2D eigenvalue weighted by molar-refractivity contribution is -0.124. The maximum atomic E-state index is 11.9. The lowest BCUT2D eigenvalue weighted by atomic mass is 10.0. The highest BCUT2D eigenvalue weighted by molar-refractivity contribution is 5.97. The van der Waals surface area contributed by atoms with Crippen LogP contribution in [0, 0.1) is 0 Å². The molecule has 0 spiro atoms. The van der Waals surface area contributed by atoms with Crippen LogP contribution in [0.15, 0.2) is 35.6 Å². The summed E-state index contributed by atoms with van der Waals surface area (Å²) in [6.45, 7) is 7.45. The monoisotopic (exact) mass is 208 g/mol. The van der Waals surface area contributed by atoms with E-state index in [-0.39, 0.29) is 5.91 Å². The van der Waals surface area contributed by atoms with Crippen LogP contribution in [-0.2, 0) is 4.79 Å². The van der Waals surface area contributed by atoms with Crippen molar-refractivity contribution in [1.29, 1.82) is 0 Å². The van der Waals surface area contributed by atoms with E-state index in [4.69, 9.17) is 5.73 Å². The van der Waals surface area contributed by atoms with Gasteiger partial charge >= 0.3 is 0 Å². The van der Waals surface area contributed by atoms with Gasteiger partial charge in [0.2, 0.25) is 0 Å². The first-order valence-electron chi connectivity index (χ1n) is 4.95. The Hall–Kier alpha value is -1.51. The second-order valence-electron chi connectivity index (χ2n) is 3.58. The Kier molecular flexibility index (Phi) is 5.45. The minimum atomic E-state index is -0.0449. The van der Waals surface area contributed by atoms with Crippen molar-refractivity contribution in [1.82, 2.24) is 4.90 Å². The molecule has 84 valence electrons. The summed E-state index contributed by atoms with van der Waals surface area (Å²) >= 11 is 0. The SMILES string of the molecule is C=C/C(CC)=C(/C=C(\C)N)C(=O)N(C)C. The number of carbonyl (C=O) groups is 1. The smallest absolute Gasteiger partial charge is 0.253 e. The Labute approximate surface area is 91.9 Å². The average molecular weight is 208 g/mol. The van der Waals surface area contributed by atoms with Crippen LogP contribution in [0.1, 0.15) is 20.3 Å². The summed E-state index contributed by atoms with van der Waals surface area (Å²) in [6.07, 6.45) is 4.17. The van der Waals surface area contributed by atoms with E-state index in [1.165, 1.54) is 4.90 Å². The Bertz CT molecular complexity index is 308. The van der Waals surface area contributed by atoms with E-state index in [9.17, 15) is 4.79 Å². The number of nitrogens with zero attached hydrogens (tertiary/aromatic N) is 1. The highest BCUT2D eigenvalue weighted by Crippen LogP contribution is 2.14. The Morgan fingerprint density at radius 3 is 2.27 bits per heavy atom. The molecule has 15 heavy (non-hydrogen) atoms. The van der Waals surface area contributed by atoms with Crippen LogP contribution >= 0.6 is 0 Å². The van der Waals surface area contributed by atoms with Gasteiger partial charge in [-0.15, -0.1) is 0 Å². The van der Waals surface area contributed by atoms with E-state index in [0.29, 0.717) is 11.3 Å². The molecule has 0 fully saturated rings. The lowest BCUT2D eigenvalue weighted by Gasteiger charge is -2.14. The van der Waals surface area contributed by atoms with Gasteiger partial charge in [0.05, 0.1) is 0 Å². The minimum Gasteiger partial charge on any atom is -0.402 e. The Morgan fingerprint density at radius 2 is 2.00 bits per heavy atom. The van der Waals surface area contributed by atoms with E-state index < -0.39 is 0 Å². The predicted molar refractivity (Wildman–Crippen MR) is 64.2 cm³/mol. The molecule has 0 aliphatic carbocycles. The average Bonchev–Trinajstić information content (AvgIpc) is 2.16. The molecule has 0 aromatic heterocycles. The fraction of sp³-hybridized carbons (Fsp3) is 0.417. The van der Waals surface area contributed by atoms with Crippen molar-refractivity contribution >= 4 is 5.91 Å². The van der Waals surface area contributed by atoms with Crippen molar-refractivity contribution in [3.05, 3.63) is 35.6 Å². The first-order chi connectivity index (χ1) is 6.93. The molecule has 0 atom stereocenters. The molecule has 1 amide bonds. The maximum Gasteiger partial charge on any atom is 0.253 e. The van der Waals surface area contributed by atoms with E-state index in [1.54, 1.807) is 33.2 Å². The van der Waals surface area contributed by atoms with Crippen molar-refractivity contribution < 1.29 is 4.79 Å². The number of hydrogen-bond donors (Lipinski definition) is 1. The summed E-state index contributed by atoms with van der Waals surface area (Å²) in [5, 5.41) is 0. The largest absolute Gasteiger partial charge is 0.402 e. The zero-order chi connectivity index (χ0) is 12.0. The van der Waals surface area contributed by atoms with Gasteiger partial charge < -0.3 is 10.6 Å². The topological polar surface area (TPSA) is 46.3 Å². The number of amides is 1. The molecule has 0 radical (unpaired) electrons. The van der Waals surface area contributed by atoms with Gasteiger partial charge in [0.1, 0.15) is 0 Å². The molecule has 0 rings (SSSR count). The van der Waals surface area contributed by atoms with E-state index in [1.807, 2.05) is 6.92 Å². The summed E-state index contributed by atoms with van der Waals surface area (Å²) < 4.78 is 0. The number of rotatable bonds is 4. The van der Waals surface area contributed by atoms with E-state index >= 15 is 0 Å². The Balaban J connectivity index is 5.41. The molecule has 0 aliphatic heterocycles. The van der Waals surface area contributed by atoms with Gasteiger partial charge in [-0.25, -0.2) is 0 Å². The number of nitrogens with two attached hydrogens (primary N) is 1. The summed E-state index contributed by atoms with van der Waals surface area (Å²) in [6, 6.07) is 0. The second-order valence-corrected chi connectivity index (χ2v) is 3.58. The summed E-state index contributed by atoms with van der Waals surface area (Å²) in [5.74, 6) is -0.0449. The molecular weight excluding hydrogens is 188 g/mol. The van der Waals surface area contributed by atoms with Crippen molar-refractivity contribution in [2.45, 2.75) is 20.3 Å². The molecule has 0 heterocycles. The van der Waals surface area contributed by atoms with Gasteiger partial charge in [-0.2, -0.15) is 0 Å². The summed E-state index contributed by atoms with van der Waals surface area (Å²) in [7, 11) is 3.44. The molecule has 0 aromatic rings. The van der Waals surface area contributed by atoms with Crippen LogP contribution in [-0.4, -0.2) is 24.9 Å². The van der Waals surface area contributed by atoms with Gasteiger partial charge in [0.25, 0.3) is 5.91 Å². The number of hydrogen-bond acceptors (Lipinski definition) is 2. The fourth-order valence-electron chi connectivity index (χ4n) is 1.21. The minimum absolute atomic E-state index is 0.0449. The van der Waals surface area contributed by atoms with Crippen LogP contribution in [0.5, 0.6) is 0 Å². The normalized spacial score (nSPS) is 13.2. The third-order valence-corrected chi connectivity index (χ3v) is 1.98. The highest BCUT2D eigenvalue weighted by Gasteiger charge is 2.12. The number of allylic oxidation sites excluding steroid dienone is 3. The van der Waals surface area contributed by atoms with Crippen LogP contribution < -0.4 is 5.73 Å². The molecule has 3 nitrogen and oxygen atoms in total. The molecule has 3 heteroatoms. The van der Waals surface area contributed by atoms with Crippen molar-refractivity contribution in [2.75, 3.05) is 14.1 Å².